The summed E-state index contributed by atoms with van der Waals surface area (Å²) in [5.74, 6) is 0. The van der Waals surface area contributed by atoms with E-state index < -0.39 is 0 Å². The molecule has 73 heavy (non-hydrogen) atoms. The van der Waals surface area contributed by atoms with Crippen LogP contribution in [-0.4, -0.2) is 4.57 Å². The van der Waals surface area contributed by atoms with Crippen molar-refractivity contribution in [3.05, 3.63) is 311 Å². The van der Waals surface area contributed by atoms with Crippen molar-refractivity contribution in [1.29, 1.82) is 0 Å². The van der Waals surface area contributed by atoms with Crippen molar-refractivity contribution in [2.75, 3.05) is 0 Å². The quantitative estimate of drug-likeness (QED) is 0.0633. The lowest BCUT2D eigenvalue weighted by molar-refractivity contribution is 0.571. The highest BCUT2D eigenvalue weighted by Gasteiger charge is 2.19. The van der Waals surface area contributed by atoms with Crippen molar-refractivity contribution in [1.82, 2.24) is 4.57 Å². The molecule has 0 aliphatic heterocycles. The van der Waals surface area contributed by atoms with Gasteiger partial charge in [-0.25, -0.2) is 0 Å². The third-order valence-corrected chi connectivity index (χ3v) is 14.5. The maximum absolute atomic E-state index is 2.62. The predicted molar refractivity (Wildman–Crippen MR) is 312 cm³/mol. The van der Waals surface area contributed by atoms with Gasteiger partial charge in [-0.05, 0) is 108 Å². The zero-order valence-corrected chi connectivity index (χ0v) is 41.8. The predicted octanol–water partition coefficient (Wildman–Crippen LogP) is 19.5. The first kappa shape index (κ1) is 46.8. The van der Waals surface area contributed by atoms with Crippen LogP contribution in [0.2, 0.25) is 0 Å². The topological polar surface area (TPSA) is 4.93 Å². The van der Waals surface area contributed by atoms with Crippen molar-refractivity contribution >= 4 is 44.1 Å². The second-order valence-corrected chi connectivity index (χ2v) is 19.2. The molecule has 0 N–H and O–H groups in total. The largest absolute Gasteiger partial charge is 0.340 e. The van der Waals surface area contributed by atoms with Crippen LogP contribution in [0.5, 0.6) is 0 Å². The molecule has 0 spiro atoms. The van der Waals surface area contributed by atoms with Gasteiger partial charge in [-0.15, -0.1) is 0 Å². The summed E-state index contributed by atoms with van der Waals surface area (Å²) in [6.45, 7) is 3.28. The van der Waals surface area contributed by atoms with Gasteiger partial charge in [-0.2, -0.15) is 0 Å². The number of benzene rings is 10. The van der Waals surface area contributed by atoms with Crippen molar-refractivity contribution < 1.29 is 0 Å². The van der Waals surface area contributed by atoms with Gasteiger partial charge in [0.05, 0.1) is 0 Å². The Morgan fingerprint density at radius 3 is 0.822 bits per heavy atom. The molecule has 0 saturated carbocycles. The first-order valence-corrected chi connectivity index (χ1v) is 26.3. The molecule has 11 rings (SSSR count). The second-order valence-electron chi connectivity index (χ2n) is 19.2. The van der Waals surface area contributed by atoms with Crippen LogP contribution in [0.4, 0.5) is 0 Å². The van der Waals surface area contributed by atoms with Crippen LogP contribution in [0.25, 0.3) is 66.4 Å². The minimum absolute atomic E-state index is 0.983. The van der Waals surface area contributed by atoms with Gasteiger partial charge in [0.1, 0.15) is 0 Å². The Morgan fingerprint density at radius 1 is 0.260 bits per heavy atom. The van der Waals surface area contributed by atoms with E-state index in [9.17, 15) is 0 Å². The Kier molecular flexibility index (Phi) is 14.3. The molecule has 0 saturated heterocycles. The Balaban J connectivity index is 0.985. The maximum Gasteiger partial charge on any atom is 0.0497 e. The van der Waals surface area contributed by atoms with Crippen molar-refractivity contribution in [2.45, 2.75) is 52.0 Å². The molecule has 1 heterocycles. The van der Waals surface area contributed by atoms with Gasteiger partial charge in [0.2, 0.25) is 0 Å². The number of nitrogens with zero attached hydrogens (tertiary/aromatic N) is 1. The van der Waals surface area contributed by atoms with E-state index in [1.54, 1.807) is 0 Å². The number of unbranched alkanes of at least 4 members (excludes halogenated alkanes) is 5. The molecule has 1 heteroatoms. The number of hydrogen-bond donors (Lipinski definition) is 0. The highest BCUT2D eigenvalue weighted by molar-refractivity contribution is 6.10. The monoisotopic (exact) mass is 939 g/mol. The number of hydrogen-bond acceptors (Lipinski definition) is 0. The molecule has 0 amide bonds. The lowest BCUT2D eigenvalue weighted by Gasteiger charge is -2.18. The second kappa shape index (κ2) is 22.3. The number of rotatable bonds is 17. The first-order valence-electron chi connectivity index (χ1n) is 26.3. The molecule has 1 nitrogen and oxygen atoms in total. The van der Waals surface area contributed by atoms with E-state index >= 15 is 0 Å². The summed E-state index contributed by atoms with van der Waals surface area (Å²) in [6.07, 6.45) is 7.55. The van der Waals surface area contributed by atoms with Gasteiger partial charge < -0.3 is 4.57 Å². The molecule has 1 aromatic heterocycles. The highest BCUT2D eigenvalue weighted by Crippen LogP contribution is 2.41. The van der Waals surface area contributed by atoms with Crippen molar-refractivity contribution in [3.63, 3.8) is 0 Å². The van der Waals surface area contributed by atoms with E-state index in [2.05, 4.69) is 278 Å². The van der Waals surface area contributed by atoms with Gasteiger partial charge in [-0.3, -0.25) is 0 Å². The van der Waals surface area contributed by atoms with Crippen molar-refractivity contribution in [3.8, 4) is 22.3 Å². The van der Waals surface area contributed by atoms with E-state index in [0.717, 1.165) is 13.0 Å². The average molecular weight is 940 g/mol. The summed E-state index contributed by atoms with van der Waals surface area (Å²) >= 11 is 0. The Hall–Kier alpha value is -8.52. The van der Waals surface area contributed by atoms with Crippen LogP contribution in [0, 0.1) is 0 Å². The lowest BCUT2D eigenvalue weighted by atomic mass is 9.85. The molecule has 11 aromatic rings. The van der Waals surface area contributed by atoms with Crippen LogP contribution in [0.15, 0.2) is 267 Å². The molecule has 0 bridgehead atoms. The fourth-order valence-corrected chi connectivity index (χ4v) is 10.9. The fraction of sp³-hybridized carbons (Fsp3) is 0.111. The summed E-state index contributed by atoms with van der Waals surface area (Å²) < 4.78 is 2.62. The van der Waals surface area contributed by atoms with Crippen LogP contribution in [-0.2, 0) is 6.54 Å². The highest BCUT2D eigenvalue weighted by atomic mass is 15.0. The van der Waals surface area contributed by atoms with Gasteiger partial charge in [0.25, 0.3) is 0 Å². The fourth-order valence-electron chi connectivity index (χ4n) is 10.9. The molecule has 0 atom stereocenters. The van der Waals surface area contributed by atoms with Gasteiger partial charge in [0.15, 0.2) is 0 Å². The van der Waals surface area contributed by atoms with Gasteiger partial charge in [0, 0.05) is 28.4 Å². The average Bonchev–Trinajstić information content (AvgIpc) is 3.78. The van der Waals surface area contributed by atoms with Crippen LogP contribution in [0.1, 0.15) is 90.0 Å². The molecular formula is C72H61N. The molecule has 0 radical (unpaired) electrons. The van der Waals surface area contributed by atoms with E-state index in [-0.39, 0.29) is 0 Å². The molecule has 0 aliphatic carbocycles. The summed E-state index contributed by atoms with van der Waals surface area (Å²) in [7, 11) is 0. The first-order chi connectivity index (χ1) is 36.2. The van der Waals surface area contributed by atoms with Crippen LogP contribution < -0.4 is 0 Å². The Morgan fingerprint density at radius 2 is 0.521 bits per heavy atom. The molecule has 354 valence electrons. The van der Waals surface area contributed by atoms with Crippen molar-refractivity contribution in [2.24, 2.45) is 0 Å². The van der Waals surface area contributed by atoms with Crippen LogP contribution >= 0.6 is 0 Å². The summed E-state index contributed by atoms with van der Waals surface area (Å²) in [5.41, 5.74) is 21.9. The number of fused-ring (bicyclic) bond motifs is 3. The minimum atomic E-state index is 0.983. The summed E-state index contributed by atoms with van der Waals surface area (Å²) in [6, 6.07) is 97.8. The number of aromatic nitrogens is 1. The zero-order valence-electron chi connectivity index (χ0n) is 41.8. The van der Waals surface area contributed by atoms with Gasteiger partial charge in [-0.1, -0.05) is 294 Å². The standard InChI is InChI=1S/C72H61N/c1-2-3-4-5-6-25-50-73-67-51-63(53-38-42-61(43-39-53)71(59-34-21-11-22-35-59)69(55-26-13-7-14-27-55)56-28-15-8-16-29-56)46-48-65(67)66-49-47-64(52-68(66)73)54-40-44-62(45-41-54)72(60-36-23-12-24-37-60)70(57-30-17-9-18-31-57)58-32-19-10-20-33-58/h7-24,26-49,51-52H,2-6,25,50H2,1H3. The Bertz CT molecular complexity index is 3300. The van der Waals surface area contributed by atoms with Crippen LogP contribution in [0.3, 0.4) is 0 Å². The third kappa shape index (κ3) is 10.2. The zero-order chi connectivity index (χ0) is 49.2. The molecule has 10 aromatic carbocycles. The smallest absolute Gasteiger partial charge is 0.0497 e. The molecule has 0 unspecified atom stereocenters. The number of aryl methyl sites for hydroxylation is 1. The van der Waals surface area contributed by atoms with Gasteiger partial charge >= 0.3 is 0 Å². The summed E-state index contributed by atoms with van der Waals surface area (Å²) in [5, 5.41) is 2.61. The molecule has 0 fully saturated rings. The minimum Gasteiger partial charge on any atom is -0.340 e. The normalized spacial score (nSPS) is 11.2. The summed E-state index contributed by atoms with van der Waals surface area (Å²) in [4.78, 5) is 0. The van der Waals surface area contributed by atoms with E-state index in [1.165, 1.54) is 143 Å². The lowest BCUT2D eigenvalue weighted by Crippen LogP contribution is -1.99. The SMILES string of the molecule is CCCCCCCCn1c2cc(-c3ccc(C(=C(c4ccccc4)c4ccccc4)c4ccccc4)cc3)ccc2c2ccc(-c3ccc(C(=C(c4ccccc4)c4ccccc4)c4ccccc4)cc3)cc21. The molecule has 0 aliphatic rings. The Labute approximate surface area is 432 Å². The third-order valence-electron chi connectivity index (χ3n) is 14.5. The van der Waals surface area contributed by atoms with E-state index in [1.807, 2.05) is 0 Å². The van der Waals surface area contributed by atoms with E-state index in [0.29, 0.717) is 0 Å². The maximum atomic E-state index is 2.62. The molecular weight excluding hydrogens is 879 g/mol. The van der Waals surface area contributed by atoms with E-state index in [4.69, 9.17) is 0 Å².